The van der Waals surface area contributed by atoms with Crippen molar-refractivity contribution in [3.05, 3.63) is 58.9 Å². The molecule has 0 aliphatic rings. The van der Waals surface area contributed by atoms with Crippen LogP contribution in [0.2, 0.25) is 0 Å². The van der Waals surface area contributed by atoms with E-state index in [0.717, 1.165) is 0 Å². The molecule has 1 radical (unpaired) electrons. The Morgan fingerprint density at radius 3 is 2.63 bits per heavy atom. The zero-order valence-corrected chi connectivity index (χ0v) is 9.76. The molecule has 0 saturated heterocycles. The number of pyridine rings is 1. The molecule has 95 valence electrons. The van der Waals surface area contributed by atoms with Gasteiger partial charge in [0.2, 0.25) is 5.43 Å². The summed E-state index contributed by atoms with van der Waals surface area (Å²) in [7, 11) is 0. The summed E-state index contributed by atoms with van der Waals surface area (Å²) in [5.74, 6) is -1.30. The number of alkyl halides is 1. The summed E-state index contributed by atoms with van der Waals surface area (Å²) in [5, 5.41) is 9.86. The molecule has 5 heteroatoms. The van der Waals surface area contributed by atoms with Gasteiger partial charge < -0.3 is 9.51 Å². The first-order valence-corrected chi connectivity index (χ1v) is 5.61. The minimum atomic E-state index is -1.44. The lowest BCUT2D eigenvalue weighted by molar-refractivity contribution is 0.0695. The molecule has 0 aliphatic carbocycles. The number of nitrogens with zero attached hydrogens (tertiary/aromatic N) is 1. The molecule has 0 saturated carbocycles. The standard InChI is InChI=1S/C14H9FNO3/c1-7(15)10-5-16-6-11(14(18)19)13(17)9-4-2-3-8(10)12(9)16/h2-7H,1H2,(H,18,19). The normalized spacial score (nSPS) is 13.2. The number of hydrogen-bond donors (Lipinski definition) is 1. The second-order valence-corrected chi connectivity index (χ2v) is 4.34. The van der Waals surface area contributed by atoms with Crippen molar-refractivity contribution in [2.75, 3.05) is 0 Å². The fraction of sp³-hybridized carbons (Fsp3) is 0.0714. The van der Waals surface area contributed by atoms with Gasteiger partial charge in [-0.2, -0.15) is 0 Å². The van der Waals surface area contributed by atoms with Gasteiger partial charge in [-0.25, -0.2) is 9.18 Å². The summed E-state index contributed by atoms with van der Waals surface area (Å²) in [5.41, 5.74) is -0.0253. The zero-order valence-electron chi connectivity index (χ0n) is 9.76. The number of benzene rings is 1. The predicted octanol–water partition coefficient (Wildman–Crippen LogP) is 2.43. The first-order valence-electron chi connectivity index (χ1n) is 5.61. The monoisotopic (exact) mass is 258 g/mol. The Hall–Kier alpha value is -2.43. The number of aromatic nitrogens is 1. The van der Waals surface area contributed by atoms with Crippen molar-refractivity contribution in [3.8, 4) is 0 Å². The predicted molar refractivity (Wildman–Crippen MR) is 68.5 cm³/mol. The van der Waals surface area contributed by atoms with Crippen molar-refractivity contribution in [3.63, 3.8) is 0 Å². The van der Waals surface area contributed by atoms with Crippen LogP contribution in [-0.4, -0.2) is 15.5 Å². The van der Waals surface area contributed by atoms with Crippen molar-refractivity contribution in [2.24, 2.45) is 0 Å². The number of hydrogen-bond acceptors (Lipinski definition) is 2. The molecule has 4 nitrogen and oxygen atoms in total. The number of aromatic carboxylic acids is 1. The molecular weight excluding hydrogens is 249 g/mol. The maximum absolute atomic E-state index is 13.5. The quantitative estimate of drug-likeness (QED) is 0.768. The molecule has 3 rings (SSSR count). The molecule has 0 fully saturated rings. The minimum Gasteiger partial charge on any atom is -0.477 e. The maximum atomic E-state index is 13.5. The van der Waals surface area contributed by atoms with Crippen molar-refractivity contribution < 1.29 is 14.3 Å². The van der Waals surface area contributed by atoms with E-state index in [2.05, 4.69) is 6.92 Å². The minimum absolute atomic E-state index is 0.268. The van der Waals surface area contributed by atoms with E-state index in [4.69, 9.17) is 5.11 Å². The Morgan fingerprint density at radius 1 is 1.32 bits per heavy atom. The molecule has 2 aromatic heterocycles. The topological polar surface area (TPSA) is 58.8 Å². The third kappa shape index (κ3) is 1.51. The summed E-state index contributed by atoms with van der Waals surface area (Å²) >= 11 is 0. The van der Waals surface area contributed by atoms with E-state index in [1.165, 1.54) is 22.9 Å². The lowest BCUT2D eigenvalue weighted by Gasteiger charge is -2.02. The summed E-state index contributed by atoms with van der Waals surface area (Å²) in [6.45, 7) is 3.33. The van der Waals surface area contributed by atoms with E-state index < -0.39 is 17.6 Å². The zero-order chi connectivity index (χ0) is 13.7. The second-order valence-electron chi connectivity index (χ2n) is 4.34. The van der Waals surface area contributed by atoms with Crippen LogP contribution in [0.15, 0.2) is 35.4 Å². The van der Waals surface area contributed by atoms with Crippen LogP contribution < -0.4 is 5.43 Å². The van der Waals surface area contributed by atoms with E-state index in [1.54, 1.807) is 12.1 Å². The Labute approximate surface area is 107 Å². The smallest absolute Gasteiger partial charge is 0.341 e. The third-order valence-corrected chi connectivity index (χ3v) is 3.21. The number of halogens is 1. The number of carboxylic acid groups (broad SMARTS) is 1. The number of para-hydroxylation sites is 1. The van der Waals surface area contributed by atoms with Crippen LogP contribution in [0.1, 0.15) is 22.1 Å². The SMILES string of the molecule is [CH2]C(F)c1cn2cc(C(=O)O)c(=O)c3cccc1c32. The highest BCUT2D eigenvalue weighted by Crippen LogP contribution is 2.30. The number of rotatable bonds is 2. The van der Waals surface area contributed by atoms with E-state index in [1.807, 2.05) is 0 Å². The van der Waals surface area contributed by atoms with Gasteiger partial charge in [-0.15, -0.1) is 0 Å². The van der Waals surface area contributed by atoms with Gasteiger partial charge in [0.05, 0.1) is 5.52 Å². The van der Waals surface area contributed by atoms with Gasteiger partial charge in [0.25, 0.3) is 0 Å². The lowest BCUT2D eigenvalue weighted by Crippen LogP contribution is -2.16. The number of carbonyl (C=O) groups is 1. The van der Waals surface area contributed by atoms with Gasteiger partial charge in [-0.05, 0) is 13.0 Å². The van der Waals surface area contributed by atoms with Gasteiger partial charge >= 0.3 is 5.97 Å². The van der Waals surface area contributed by atoms with Crippen molar-refractivity contribution in [1.82, 2.24) is 4.40 Å². The molecule has 19 heavy (non-hydrogen) atoms. The van der Waals surface area contributed by atoms with Crippen LogP contribution in [0.4, 0.5) is 4.39 Å². The highest BCUT2D eigenvalue weighted by atomic mass is 19.1. The van der Waals surface area contributed by atoms with E-state index in [-0.39, 0.29) is 10.9 Å². The highest BCUT2D eigenvalue weighted by molar-refractivity contribution is 6.01. The molecule has 2 heterocycles. The van der Waals surface area contributed by atoms with Crippen LogP contribution in [-0.2, 0) is 0 Å². The van der Waals surface area contributed by atoms with Crippen molar-refractivity contribution in [2.45, 2.75) is 6.17 Å². The van der Waals surface area contributed by atoms with Crippen LogP contribution in [0.5, 0.6) is 0 Å². The van der Waals surface area contributed by atoms with Crippen LogP contribution in [0.3, 0.4) is 0 Å². The van der Waals surface area contributed by atoms with Gasteiger partial charge in [0.15, 0.2) is 0 Å². The second kappa shape index (κ2) is 3.78. The Morgan fingerprint density at radius 2 is 2.00 bits per heavy atom. The first-order chi connectivity index (χ1) is 9.00. The van der Waals surface area contributed by atoms with Gasteiger partial charge in [0, 0.05) is 28.7 Å². The van der Waals surface area contributed by atoms with Crippen molar-refractivity contribution >= 4 is 22.3 Å². The fourth-order valence-corrected chi connectivity index (χ4v) is 2.37. The molecular formula is C14H9FNO3. The highest BCUT2D eigenvalue weighted by Gasteiger charge is 2.19. The van der Waals surface area contributed by atoms with Gasteiger partial charge in [-0.1, -0.05) is 12.1 Å². The Balaban J connectivity index is 2.57. The average Bonchev–Trinajstić information content (AvgIpc) is 2.73. The summed E-state index contributed by atoms with van der Waals surface area (Å²) in [4.78, 5) is 23.1. The van der Waals surface area contributed by atoms with Crippen LogP contribution in [0, 0.1) is 6.92 Å². The number of carboxylic acids is 1. The molecule has 0 amide bonds. The lowest BCUT2D eigenvalue weighted by atomic mass is 10.1. The van der Waals surface area contributed by atoms with E-state index in [0.29, 0.717) is 16.5 Å². The third-order valence-electron chi connectivity index (χ3n) is 3.21. The molecule has 3 aromatic rings. The first kappa shape index (κ1) is 11.6. The molecule has 1 unspecified atom stereocenters. The molecule has 1 atom stereocenters. The molecule has 1 aromatic carbocycles. The van der Waals surface area contributed by atoms with Crippen LogP contribution >= 0.6 is 0 Å². The van der Waals surface area contributed by atoms with Gasteiger partial charge in [-0.3, -0.25) is 4.79 Å². The van der Waals surface area contributed by atoms with E-state index in [9.17, 15) is 14.0 Å². The molecule has 0 spiro atoms. The van der Waals surface area contributed by atoms with Crippen LogP contribution in [0.25, 0.3) is 16.3 Å². The average molecular weight is 258 g/mol. The molecule has 1 N–H and O–H groups in total. The maximum Gasteiger partial charge on any atom is 0.341 e. The Kier molecular flexibility index (Phi) is 2.32. The molecule has 0 bridgehead atoms. The van der Waals surface area contributed by atoms with Crippen molar-refractivity contribution in [1.29, 1.82) is 0 Å². The Bertz CT molecular complexity index is 851. The van der Waals surface area contributed by atoms with Gasteiger partial charge in [0.1, 0.15) is 11.7 Å². The van der Waals surface area contributed by atoms with E-state index >= 15 is 0 Å². The summed E-state index contributed by atoms with van der Waals surface area (Å²) in [6, 6.07) is 4.84. The largest absolute Gasteiger partial charge is 0.477 e. The summed E-state index contributed by atoms with van der Waals surface area (Å²) < 4.78 is 14.9. The molecule has 0 aliphatic heterocycles. The summed E-state index contributed by atoms with van der Waals surface area (Å²) in [6.07, 6.45) is 1.25. The fourth-order valence-electron chi connectivity index (χ4n) is 2.37.